The molecule has 0 atom stereocenters. The molecular formula is C12H14N2O2S. The van der Waals surface area contributed by atoms with Crippen LogP contribution >= 0.6 is 0 Å². The maximum absolute atomic E-state index is 12.2. The van der Waals surface area contributed by atoms with Crippen molar-refractivity contribution >= 4 is 26.4 Å². The van der Waals surface area contributed by atoms with E-state index in [1.165, 1.54) is 6.20 Å². The molecule has 0 aliphatic rings. The van der Waals surface area contributed by atoms with Gasteiger partial charge in [-0.3, -0.25) is 4.98 Å². The molecule has 4 nitrogen and oxygen atoms in total. The number of sulfone groups is 1. The summed E-state index contributed by atoms with van der Waals surface area (Å²) in [5.41, 5.74) is 6.63. The minimum atomic E-state index is -3.33. The molecule has 90 valence electrons. The van der Waals surface area contributed by atoms with Gasteiger partial charge in [0.1, 0.15) is 4.90 Å². The van der Waals surface area contributed by atoms with Crippen LogP contribution in [0.4, 0.5) is 5.69 Å². The topological polar surface area (TPSA) is 73.0 Å². The zero-order valence-corrected chi connectivity index (χ0v) is 10.4. The van der Waals surface area contributed by atoms with E-state index >= 15 is 0 Å². The van der Waals surface area contributed by atoms with Crippen LogP contribution in [0.5, 0.6) is 0 Å². The van der Waals surface area contributed by atoms with Gasteiger partial charge in [-0.2, -0.15) is 0 Å². The highest BCUT2D eigenvalue weighted by atomic mass is 32.2. The van der Waals surface area contributed by atoms with E-state index in [2.05, 4.69) is 4.98 Å². The van der Waals surface area contributed by atoms with Crippen LogP contribution in [0.1, 0.15) is 13.3 Å². The highest BCUT2D eigenvalue weighted by Crippen LogP contribution is 2.27. The average molecular weight is 250 g/mol. The van der Waals surface area contributed by atoms with Crippen molar-refractivity contribution in [2.45, 2.75) is 18.2 Å². The van der Waals surface area contributed by atoms with Crippen molar-refractivity contribution in [2.24, 2.45) is 0 Å². The van der Waals surface area contributed by atoms with E-state index in [0.717, 1.165) is 0 Å². The lowest BCUT2D eigenvalue weighted by molar-refractivity contribution is 0.596. The van der Waals surface area contributed by atoms with Crippen LogP contribution in [0.15, 0.2) is 35.4 Å². The molecule has 0 aliphatic carbocycles. The Hall–Kier alpha value is -1.62. The van der Waals surface area contributed by atoms with Crippen molar-refractivity contribution in [1.82, 2.24) is 4.98 Å². The number of nitrogens with two attached hydrogens (primary N) is 1. The maximum atomic E-state index is 12.2. The lowest BCUT2D eigenvalue weighted by Gasteiger charge is -2.09. The van der Waals surface area contributed by atoms with Crippen molar-refractivity contribution in [3.05, 3.63) is 30.5 Å². The Morgan fingerprint density at radius 2 is 2.00 bits per heavy atom. The first kappa shape index (κ1) is 11.9. The second-order valence-corrected chi connectivity index (χ2v) is 5.92. The standard InChI is InChI=1S/C12H14N2O2S/c1-2-7-17(15,16)12-9-5-3-4-6-11(9)14-8-10(12)13/h3-6,8H,2,7,13H2,1H3. The Bertz CT molecular complexity index is 651. The third-order valence-corrected chi connectivity index (χ3v) is 4.56. The summed E-state index contributed by atoms with van der Waals surface area (Å²) in [5.74, 6) is 0.102. The van der Waals surface area contributed by atoms with Crippen LogP contribution in [0.3, 0.4) is 0 Å². The van der Waals surface area contributed by atoms with Gasteiger partial charge in [-0.15, -0.1) is 0 Å². The lowest BCUT2D eigenvalue weighted by Crippen LogP contribution is -2.10. The second-order valence-electron chi connectivity index (χ2n) is 3.88. The highest BCUT2D eigenvalue weighted by molar-refractivity contribution is 7.91. The Morgan fingerprint density at radius 1 is 1.29 bits per heavy atom. The minimum Gasteiger partial charge on any atom is -0.396 e. The molecule has 0 unspecified atom stereocenters. The van der Waals surface area contributed by atoms with Crippen molar-refractivity contribution < 1.29 is 8.42 Å². The van der Waals surface area contributed by atoms with E-state index in [-0.39, 0.29) is 16.3 Å². The molecule has 0 amide bonds. The van der Waals surface area contributed by atoms with Gasteiger partial charge in [0, 0.05) is 5.39 Å². The van der Waals surface area contributed by atoms with E-state index in [1.54, 1.807) is 18.2 Å². The number of pyridine rings is 1. The van der Waals surface area contributed by atoms with E-state index in [4.69, 9.17) is 5.73 Å². The zero-order chi connectivity index (χ0) is 12.5. The SMILES string of the molecule is CCCS(=O)(=O)c1c(N)cnc2ccccc12. The summed E-state index contributed by atoms with van der Waals surface area (Å²) in [5, 5.41) is 0.598. The number of nitrogens with zero attached hydrogens (tertiary/aromatic N) is 1. The molecule has 2 aromatic rings. The number of para-hydroxylation sites is 1. The first-order valence-electron chi connectivity index (χ1n) is 5.42. The molecule has 0 radical (unpaired) electrons. The summed E-state index contributed by atoms with van der Waals surface area (Å²) < 4.78 is 24.3. The number of hydrogen-bond acceptors (Lipinski definition) is 4. The maximum Gasteiger partial charge on any atom is 0.181 e. The smallest absolute Gasteiger partial charge is 0.181 e. The summed E-state index contributed by atoms with van der Waals surface area (Å²) in [6.45, 7) is 1.83. The predicted molar refractivity (Wildman–Crippen MR) is 68.5 cm³/mol. The fourth-order valence-electron chi connectivity index (χ4n) is 1.85. The number of fused-ring (bicyclic) bond motifs is 1. The molecule has 17 heavy (non-hydrogen) atoms. The molecular weight excluding hydrogens is 236 g/mol. The highest BCUT2D eigenvalue weighted by Gasteiger charge is 2.20. The number of hydrogen-bond donors (Lipinski definition) is 1. The summed E-state index contributed by atoms with van der Waals surface area (Å²) in [6.07, 6.45) is 1.98. The van der Waals surface area contributed by atoms with E-state index in [9.17, 15) is 8.42 Å². The van der Waals surface area contributed by atoms with Gasteiger partial charge in [0.25, 0.3) is 0 Å². The predicted octanol–water partition coefficient (Wildman–Crippen LogP) is 2.00. The number of anilines is 1. The molecule has 0 spiro atoms. The summed E-state index contributed by atoms with van der Waals surface area (Å²) in [7, 11) is -3.33. The van der Waals surface area contributed by atoms with Gasteiger partial charge in [-0.25, -0.2) is 8.42 Å². The third kappa shape index (κ3) is 2.10. The van der Waals surface area contributed by atoms with Gasteiger partial charge in [-0.1, -0.05) is 25.1 Å². The number of benzene rings is 1. The van der Waals surface area contributed by atoms with Gasteiger partial charge in [0.05, 0.1) is 23.2 Å². The molecule has 2 rings (SSSR count). The van der Waals surface area contributed by atoms with Crippen molar-refractivity contribution in [3.8, 4) is 0 Å². The molecule has 1 aromatic heterocycles. The monoisotopic (exact) mass is 250 g/mol. The molecule has 1 heterocycles. The van der Waals surface area contributed by atoms with Crippen LogP contribution in [0.2, 0.25) is 0 Å². The Balaban J connectivity index is 2.80. The number of aromatic nitrogens is 1. The normalized spacial score (nSPS) is 11.8. The molecule has 2 N–H and O–H groups in total. The molecule has 0 fully saturated rings. The fraction of sp³-hybridized carbons (Fsp3) is 0.250. The van der Waals surface area contributed by atoms with Crippen LogP contribution < -0.4 is 5.73 Å². The van der Waals surface area contributed by atoms with Crippen LogP contribution in [0.25, 0.3) is 10.9 Å². The van der Waals surface area contributed by atoms with Gasteiger partial charge in [-0.05, 0) is 12.5 Å². The van der Waals surface area contributed by atoms with Crippen molar-refractivity contribution in [3.63, 3.8) is 0 Å². The largest absolute Gasteiger partial charge is 0.396 e. The molecule has 5 heteroatoms. The number of nitrogen functional groups attached to an aromatic ring is 1. The first-order chi connectivity index (χ1) is 8.06. The Morgan fingerprint density at radius 3 is 2.71 bits per heavy atom. The van der Waals surface area contributed by atoms with Crippen LogP contribution in [-0.4, -0.2) is 19.2 Å². The molecule has 0 aliphatic heterocycles. The van der Waals surface area contributed by atoms with Crippen LogP contribution in [-0.2, 0) is 9.84 Å². The van der Waals surface area contributed by atoms with Crippen molar-refractivity contribution in [2.75, 3.05) is 11.5 Å². The van der Waals surface area contributed by atoms with Gasteiger partial charge < -0.3 is 5.73 Å². The summed E-state index contributed by atoms with van der Waals surface area (Å²) >= 11 is 0. The quantitative estimate of drug-likeness (QED) is 0.904. The Kier molecular flexibility index (Phi) is 3.02. The van der Waals surface area contributed by atoms with E-state index in [0.29, 0.717) is 17.3 Å². The Labute approximate surface area is 100 Å². The van der Waals surface area contributed by atoms with Crippen LogP contribution in [0, 0.1) is 0 Å². The lowest BCUT2D eigenvalue weighted by atomic mass is 10.2. The second kappa shape index (κ2) is 4.33. The fourth-order valence-corrected chi connectivity index (χ4v) is 3.51. The molecule has 1 aromatic carbocycles. The average Bonchev–Trinajstić information content (AvgIpc) is 2.28. The third-order valence-electron chi connectivity index (χ3n) is 2.54. The first-order valence-corrected chi connectivity index (χ1v) is 7.07. The van der Waals surface area contributed by atoms with Gasteiger partial charge in [0.2, 0.25) is 0 Å². The summed E-state index contributed by atoms with van der Waals surface area (Å²) in [4.78, 5) is 4.34. The molecule has 0 bridgehead atoms. The summed E-state index contributed by atoms with van der Waals surface area (Å²) in [6, 6.07) is 7.12. The molecule has 0 saturated heterocycles. The van der Waals surface area contributed by atoms with E-state index in [1.807, 2.05) is 13.0 Å². The van der Waals surface area contributed by atoms with E-state index < -0.39 is 9.84 Å². The van der Waals surface area contributed by atoms with Gasteiger partial charge in [0.15, 0.2) is 9.84 Å². The number of rotatable bonds is 3. The van der Waals surface area contributed by atoms with Crippen molar-refractivity contribution in [1.29, 1.82) is 0 Å². The zero-order valence-electron chi connectivity index (χ0n) is 9.55. The van der Waals surface area contributed by atoms with Gasteiger partial charge >= 0.3 is 0 Å². The molecule has 0 saturated carbocycles. The minimum absolute atomic E-state index is 0.102.